The van der Waals surface area contributed by atoms with Gasteiger partial charge < -0.3 is 9.73 Å². The zero-order valence-electron chi connectivity index (χ0n) is 9.15. The summed E-state index contributed by atoms with van der Waals surface area (Å²) in [7, 11) is 0. The first-order valence-corrected chi connectivity index (χ1v) is 4.95. The maximum absolute atomic E-state index is 11.8. The summed E-state index contributed by atoms with van der Waals surface area (Å²) in [6.07, 6.45) is 1.26. The Labute approximate surface area is 93.3 Å². The molecule has 2 aromatic rings. The predicted molar refractivity (Wildman–Crippen MR) is 60.4 cm³/mol. The lowest BCUT2D eigenvalue weighted by atomic mass is 10.2. The molecule has 0 fully saturated rings. The minimum Gasteiger partial charge on any atom is -0.438 e. The molecule has 0 aliphatic heterocycles. The van der Waals surface area contributed by atoms with Crippen molar-refractivity contribution in [2.75, 3.05) is 5.32 Å². The van der Waals surface area contributed by atoms with E-state index in [1.165, 1.54) is 6.39 Å². The van der Waals surface area contributed by atoms with E-state index in [1.807, 2.05) is 31.2 Å². The number of nitrogens with zero attached hydrogens (tertiary/aromatic N) is 1. The van der Waals surface area contributed by atoms with Gasteiger partial charge in [-0.15, -0.1) is 0 Å². The van der Waals surface area contributed by atoms with E-state index in [0.717, 1.165) is 11.3 Å². The summed E-state index contributed by atoms with van der Waals surface area (Å²) in [6, 6.07) is 7.58. The topological polar surface area (TPSA) is 55.1 Å². The van der Waals surface area contributed by atoms with Crippen molar-refractivity contribution in [1.29, 1.82) is 0 Å². The Morgan fingerprint density at radius 2 is 2.19 bits per heavy atom. The molecule has 0 aliphatic carbocycles. The number of aryl methyl sites for hydroxylation is 2. The highest BCUT2D eigenvalue weighted by molar-refractivity contribution is 6.02. The number of hydrogen-bond donors (Lipinski definition) is 1. The Balaban J connectivity index is 2.17. The van der Waals surface area contributed by atoms with Gasteiger partial charge in [0.1, 0.15) is 0 Å². The molecule has 0 aliphatic rings. The molecule has 0 atom stereocenters. The third-order valence-corrected chi connectivity index (χ3v) is 2.23. The van der Waals surface area contributed by atoms with Gasteiger partial charge in [0.25, 0.3) is 5.91 Å². The van der Waals surface area contributed by atoms with Gasteiger partial charge >= 0.3 is 0 Å². The molecule has 0 saturated carbocycles. The van der Waals surface area contributed by atoms with Gasteiger partial charge in [0.2, 0.25) is 5.76 Å². The SMILES string of the molecule is Cc1cccc(NC(=O)c2ocnc2C)c1. The number of carbonyl (C=O) groups excluding carboxylic acids is 1. The van der Waals surface area contributed by atoms with Crippen molar-refractivity contribution in [1.82, 2.24) is 4.98 Å². The molecule has 4 heteroatoms. The van der Waals surface area contributed by atoms with Crippen LogP contribution in [-0.4, -0.2) is 10.9 Å². The van der Waals surface area contributed by atoms with Crippen LogP contribution in [0, 0.1) is 13.8 Å². The minimum absolute atomic E-state index is 0.251. The number of aromatic nitrogens is 1. The summed E-state index contributed by atoms with van der Waals surface area (Å²) in [5.74, 6) is -0.0258. The maximum Gasteiger partial charge on any atom is 0.293 e. The molecule has 1 aromatic carbocycles. The van der Waals surface area contributed by atoms with Gasteiger partial charge in [-0.1, -0.05) is 12.1 Å². The lowest BCUT2D eigenvalue weighted by Gasteiger charge is -2.03. The van der Waals surface area contributed by atoms with E-state index in [2.05, 4.69) is 10.3 Å². The fourth-order valence-corrected chi connectivity index (χ4v) is 1.43. The van der Waals surface area contributed by atoms with E-state index in [0.29, 0.717) is 5.69 Å². The minimum atomic E-state index is -0.277. The molecule has 0 saturated heterocycles. The zero-order chi connectivity index (χ0) is 11.5. The second kappa shape index (κ2) is 4.18. The Morgan fingerprint density at radius 1 is 1.38 bits per heavy atom. The summed E-state index contributed by atoms with van der Waals surface area (Å²) >= 11 is 0. The van der Waals surface area contributed by atoms with Gasteiger partial charge in [-0.2, -0.15) is 0 Å². The van der Waals surface area contributed by atoms with Crippen LogP contribution in [0.4, 0.5) is 5.69 Å². The first kappa shape index (κ1) is 10.4. The molecule has 1 amide bonds. The van der Waals surface area contributed by atoms with Crippen molar-refractivity contribution >= 4 is 11.6 Å². The number of oxazole rings is 1. The molecule has 0 bridgehead atoms. The smallest absolute Gasteiger partial charge is 0.293 e. The van der Waals surface area contributed by atoms with E-state index in [-0.39, 0.29) is 11.7 Å². The number of carbonyl (C=O) groups is 1. The second-order valence-corrected chi connectivity index (χ2v) is 3.59. The summed E-state index contributed by atoms with van der Waals surface area (Å²) < 4.78 is 5.01. The molecule has 82 valence electrons. The fraction of sp³-hybridized carbons (Fsp3) is 0.167. The summed E-state index contributed by atoms with van der Waals surface area (Å²) in [5.41, 5.74) is 2.43. The average molecular weight is 216 g/mol. The quantitative estimate of drug-likeness (QED) is 0.839. The van der Waals surface area contributed by atoms with Gasteiger partial charge in [0.05, 0.1) is 5.69 Å². The van der Waals surface area contributed by atoms with E-state index < -0.39 is 0 Å². The third-order valence-electron chi connectivity index (χ3n) is 2.23. The molecule has 4 nitrogen and oxygen atoms in total. The van der Waals surface area contributed by atoms with Crippen molar-refractivity contribution < 1.29 is 9.21 Å². The van der Waals surface area contributed by atoms with Gasteiger partial charge in [-0.25, -0.2) is 4.98 Å². The summed E-state index contributed by atoms with van der Waals surface area (Å²) in [5, 5.41) is 2.75. The molecule has 16 heavy (non-hydrogen) atoms. The first-order chi connectivity index (χ1) is 7.66. The highest BCUT2D eigenvalue weighted by Crippen LogP contribution is 2.12. The third kappa shape index (κ3) is 2.11. The van der Waals surface area contributed by atoms with Crippen LogP contribution >= 0.6 is 0 Å². The zero-order valence-corrected chi connectivity index (χ0v) is 9.15. The average Bonchev–Trinajstić information content (AvgIpc) is 2.64. The normalized spacial score (nSPS) is 10.1. The van der Waals surface area contributed by atoms with E-state index in [1.54, 1.807) is 6.92 Å². The Kier molecular flexibility index (Phi) is 2.72. The lowest BCUT2D eigenvalue weighted by Crippen LogP contribution is -2.12. The van der Waals surface area contributed by atoms with Crippen LogP contribution in [0.1, 0.15) is 21.8 Å². The van der Waals surface area contributed by atoms with Crippen LogP contribution in [0.15, 0.2) is 35.1 Å². The van der Waals surface area contributed by atoms with Crippen LogP contribution in [0.5, 0.6) is 0 Å². The van der Waals surface area contributed by atoms with Gasteiger partial charge in [0.15, 0.2) is 6.39 Å². The van der Waals surface area contributed by atoms with E-state index in [9.17, 15) is 4.79 Å². The van der Waals surface area contributed by atoms with Crippen LogP contribution in [0.3, 0.4) is 0 Å². The van der Waals surface area contributed by atoms with E-state index in [4.69, 9.17) is 4.42 Å². The molecule has 1 aromatic heterocycles. The Morgan fingerprint density at radius 3 is 2.81 bits per heavy atom. The first-order valence-electron chi connectivity index (χ1n) is 4.95. The number of amides is 1. The van der Waals surface area contributed by atoms with Crippen molar-refractivity contribution in [3.05, 3.63) is 47.7 Å². The van der Waals surface area contributed by atoms with Crippen LogP contribution in [0.2, 0.25) is 0 Å². The summed E-state index contributed by atoms with van der Waals surface area (Å²) in [4.78, 5) is 15.6. The molecule has 0 radical (unpaired) electrons. The van der Waals surface area contributed by atoms with E-state index >= 15 is 0 Å². The lowest BCUT2D eigenvalue weighted by molar-refractivity contribution is 0.0996. The van der Waals surface area contributed by atoms with Crippen molar-refractivity contribution in [2.24, 2.45) is 0 Å². The largest absolute Gasteiger partial charge is 0.438 e. The number of nitrogens with one attached hydrogen (secondary N) is 1. The Bertz CT molecular complexity index is 517. The molecular formula is C12H12N2O2. The fourth-order valence-electron chi connectivity index (χ4n) is 1.43. The van der Waals surface area contributed by atoms with Crippen molar-refractivity contribution in [3.63, 3.8) is 0 Å². The predicted octanol–water partition coefficient (Wildman–Crippen LogP) is 2.54. The molecular weight excluding hydrogens is 204 g/mol. The molecule has 0 unspecified atom stereocenters. The van der Waals surface area contributed by atoms with Crippen LogP contribution in [0.25, 0.3) is 0 Å². The van der Waals surface area contributed by atoms with Crippen molar-refractivity contribution in [2.45, 2.75) is 13.8 Å². The standard InChI is InChI=1S/C12H12N2O2/c1-8-4-3-5-10(6-8)14-12(15)11-9(2)13-7-16-11/h3-7H,1-2H3,(H,14,15). The Hall–Kier alpha value is -2.10. The van der Waals surface area contributed by atoms with Crippen molar-refractivity contribution in [3.8, 4) is 0 Å². The van der Waals surface area contributed by atoms with Gasteiger partial charge in [0, 0.05) is 5.69 Å². The number of hydrogen-bond acceptors (Lipinski definition) is 3. The number of rotatable bonds is 2. The monoisotopic (exact) mass is 216 g/mol. The summed E-state index contributed by atoms with van der Waals surface area (Å²) in [6.45, 7) is 3.70. The van der Waals surface area contributed by atoms with Crippen LogP contribution in [-0.2, 0) is 0 Å². The van der Waals surface area contributed by atoms with Gasteiger partial charge in [-0.3, -0.25) is 4.79 Å². The molecule has 1 heterocycles. The molecule has 0 spiro atoms. The second-order valence-electron chi connectivity index (χ2n) is 3.59. The van der Waals surface area contributed by atoms with Crippen LogP contribution < -0.4 is 5.32 Å². The highest BCUT2D eigenvalue weighted by Gasteiger charge is 2.13. The maximum atomic E-state index is 11.8. The molecule has 2 rings (SSSR count). The van der Waals surface area contributed by atoms with Gasteiger partial charge in [-0.05, 0) is 31.5 Å². The highest BCUT2D eigenvalue weighted by atomic mass is 16.3. The number of anilines is 1. The number of benzene rings is 1. The molecule has 1 N–H and O–H groups in total.